The zero-order chi connectivity index (χ0) is 15.0. The van der Waals surface area contributed by atoms with E-state index >= 15 is 0 Å². The van der Waals surface area contributed by atoms with Gasteiger partial charge in [-0.15, -0.1) is 0 Å². The van der Waals surface area contributed by atoms with Crippen molar-refractivity contribution in [1.29, 1.82) is 5.26 Å². The van der Waals surface area contributed by atoms with Gasteiger partial charge in [0.1, 0.15) is 17.7 Å². The van der Waals surface area contributed by atoms with Crippen molar-refractivity contribution in [1.82, 2.24) is 15.6 Å². The third kappa shape index (κ3) is 4.78. The van der Waals surface area contributed by atoms with E-state index < -0.39 is 17.9 Å². The largest absolute Gasteiger partial charge is 0.480 e. The van der Waals surface area contributed by atoms with Gasteiger partial charge in [0.15, 0.2) is 0 Å². The molecule has 1 unspecified atom stereocenters. The Labute approximate surface area is 115 Å². The number of carboxylic acids is 1. The van der Waals surface area contributed by atoms with E-state index in [1.54, 1.807) is 24.4 Å². The van der Waals surface area contributed by atoms with E-state index in [0.717, 1.165) is 5.69 Å². The first-order chi connectivity index (χ1) is 9.54. The Hall–Kier alpha value is -2.88. The maximum absolute atomic E-state index is 11.6. The molecule has 0 bridgehead atoms. The normalized spacial score (nSPS) is 12.1. The van der Waals surface area contributed by atoms with Crippen LogP contribution in [0.25, 0.3) is 0 Å². The number of carbonyl (C=O) groups is 2. The van der Waals surface area contributed by atoms with E-state index in [2.05, 4.69) is 15.6 Å². The molecule has 0 aliphatic carbocycles. The second-order valence-electron chi connectivity index (χ2n) is 3.91. The minimum atomic E-state index is -1.17. The summed E-state index contributed by atoms with van der Waals surface area (Å²) in [4.78, 5) is 26.3. The van der Waals surface area contributed by atoms with Crippen LogP contribution in [0.3, 0.4) is 0 Å². The van der Waals surface area contributed by atoms with Crippen molar-refractivity contribution in [3.63, 3.8) is 0 Å². The van der Waals surface area contributed by atoms with Crippen molar-refractivity contribution < 1.29 is 14.7 Å². The van der Waals surface area contributed by atoms with Gasteiger partial charge in [-0.3, -0.25) is 14.6 Å². The third-order valence-corrected chi connectivity index (χ3v) is 2.34. The number of nitrogens with zero attached hydrogens (tertiary/aromatic N) is 2. The summed E-state index contributed by atoms with van der Waals surface area (Å²) in [5.74, 6) is -1.91. The molecule has 0 fully saturated rings. The summed E-state index contributed by atoms with van der Waals surface area (Å²) in [5.41, 5.74) is 0.550. The molecule has 1 atom stereocenters. The Morgan fingerprint density at radius 3 is 2.85 bits per heavy atom. The number of pyridine rings is 1. The molecule has 7 heteroatoms. The Kier molecular flexibility index (Phi) is 5.72. The zero-order valence-electron chi connectivity index (χ0n) is 10.8. The lowest BCUT2D eigenvalue weighted by Crippen LogP contribution is -2.39. The average Bonchev–Trinajstić information content (AvgIpc) is 2.44. The van der Waals surface area contributed by atoms with Crippen LogP contribution < -0.4 is 10.6 Å². The van der Waals surface area contributed by atoms with Crippen LogP contribution in [0, 0.1) is 11.3 Å². The summed E-state index contributed by atoms with van der Waals surface area (Å²) < 4.78 is 0. The lowest BCUT2D eigenvalue weighted by molar-refractivity contribution is -0.140. The first-order valence-electron chi connectivity index (χ1n) is 5.82. The molecule has 0 aliphatic rings. The number of hydrogen-bond donors (Lipinski definition) is 3. The smallest absolute Gasteiger partial charge is 0.325 e. The maximum atomic E-state index is 11.6. The van der Waals surface area contributed by atoms with Gasteiger partial charge in [-0.05, 0) is 19.1 Å². The number of rotatable bonds is 6. The zero-order valence-corrected chi connectivity index (χ0v) is 10.8. The summed E-state index contributed by atoms with van der Waals surface area (Å²) in [5, 5.41) is 22.5. The molecule has 3 N–H and O–H groups in total. The van der Waals surface area contributed by atoms with Crippen LogP contribution in [0.5, 0.6) is 0 Å². The molecule has 0 aromatic carbocycles. The van der Waals surface area contributed by atoms with E-state index in [9.17, 15) is 9.59 Å². The van der Waals surface area contributed by atoms with Gasteiger partial charge in [-0.25, -0.2) is 0 Å². The molecular weight excluding hydrogens is 260 g/mol. The second-order valence-corrected chi connectivity index (χ2v) is 3.91. The molecule has 7 nitrogen and oxygen atoms in total. The summed E-state index contributed by atoms with van der Waals surface area (Å²) in [6, 6.07) is 6.03. The van der Waals surface area contributed by atoms with Gasteiger partial charge >= 0.3 is 5.97 Å². The van der Waals surface area contributed by atoms with Crippen molar-refractivity contribution in [3.8, 4) is 6.07 Å². The van der Waals surface area contributed by atoms with Crippen LogP contribution in [-0.2, 0) is 16.1 Å². The van der Waals surface area contributed by atoms with Crippen molar-refractivity contribution >= 4 is 11.9 Å². The SMILES string of the molecule is CC(NC(=O)/C(C#N)=C\NCc1ccccn1)C(=O)O. The molecule has 1 rings (SSSR count). The summed E-state index contributed by atoms with van der Waals surface area (Å²) in [6.07, 6.45) is 2.87. The molecule has 0 aliphatic heterocycles. The highest BCUT2D eigenvalue weighted by molar-refractivity contribution is 5.99. The summed E-state index contributed by atoms with van der Waals surface area (Å²) in [7, 11) is 0. The maximum Gasteiger partial charge on any atom is 0.325 e. The van der Waals surface area contributed by atoms with Gasteiger partial charge in [0.25, 0.3) is 5.91 Å². The predicted octanol–water partition coefficient (Wildman–Crippen LogP) is 0.168. The topological polar surface area (TPSA) is 115 Å². The predicted molar refractivity (Wildman–Crippen MR) is 70.0 cm³/mol. The molecule has 0 saturated heterocycles. The second kappa shape index (κ2) is 7.53. The standard InChI is InChI=1S/C13H14N4O3/c1-9(13(19)20)17-12(18)10(6-14)7-15-8-11-4-2-3-5-16-11/h2-5,7,9,15H,8H2,1H3,(H,17,18)(H,19,20)/b10-7-. The molecule has 104 valence electrons. The van der Waals surface area contributed by atoms with Crippen molar-refractivity contribution in [2.24, 2.45) is 0 Å². The fourth-order valence-electron chi connectivity index (χ4n) is 1.25. The minimum absolute atomic E-state index is 0.200. The van der Waals surface area contributed by atoms with Gasteiger partial charge in [0, 0.05) is 12.4 Å². The first kappa shape index (κ1) is 15.2. The molecule has 1 aromatic heterocycles. The van der Waals surface area contributed by atoms with E-state index in [1.807, 2.05) is 6.07 Å². The van der Waals surface area contributed by atoms with Gasteiger partial charge in [-0.2, -0.15) is 5.26 Å². The number of amides is 1. The Morgan fingerprint density at radius 1 is 1.55 bits per heavy atom. The summed E-state index contributed by atoms with van der Waals surface area (Å²) in [6.45, 7) is 1.67. The Morgan fingerprint density at radius 2 is 2.30 bits per heavy atom. The van der Waals surface area contributed by atoms with Gasteiger partial charge in [-0.1, -0.05) is 6.07 Å². The number of hydrogen-bond acceptors (Lipinski definition) is 5. The Balaban J connectivity index is 2.57. The average molecular weight is 274 g/mol. The van der Waals surface area contributed by atoms with E-state index in [4.69, 9.17) is 10.4 Å². The number of aliphatic carboxylic acids is 1. The molecule has 0 saturated carbocycles. The number of nitriles is 1. The highest BCUT2D eigenvalue weighted by Crippen LogP contribution is 1.95. The third-order valence-electron chi connectivity index (χ3n) is 2.34. The van der Waals surface area contributed by atoms with E-state index in [0.29, 0.717) is 6.54 Å². The molecule has 1 heterocycles. The number of aromatic nitrogens is 1. The van der Waals surface area contributed by atoms with Crippen LogP contribution in [0.2, 0.25) is 0 Å². The van der Waals surface area contributed by atoms with Gasteiger partial charge in [0.2, 0.25) is 0 Å². The van der Waals surface area contributed by atoms with Crippen LogP contribution in [0.1, 0.15) is 12.6 Å². The lowest BCUT2D eigenvalue weighted by Gasteiger charge is -2.08. The van der Waals surface area contributed by atoms with Crippen LogP contribution in [-0.4, -0.2) is 28.0 Å². The number of nitrogens with one attached hydrogen (secondary N) is 2. The number of carbonyl (C=O) groups excluding carboxylic acids is 1. The highest BCUT2D eigenvalue weighted by Gasteiger charge is 2.16. The fraction of sp³-hybridized carbons (Fsp3) is 0.231. The van der Waals surface area contributed by atoms with Crippen molar-refractivity contribution in [3.05, 3.63) is 41.9 Å². The molecule has 20 heavy (non-hydrogen) atoms. The van der Waals surface area contributed by atoms with E-state index in [-0.39, 0.29) is 5.57 Å². The Bertz CT molecular complexity index is 548. The molecule has 1 amide bonds. The van der Waals surface area contributed by atoms with E-state index in [1.165, 1.54) is 13.1 Å². The molecule has 1 aromatic rings. The van der Waals surface area contributed by atoms with Crippen molar-refractivity contribution in [2.45, 2.75) is 19.5 Å². The quantitative estimate of drug-likeness (QED) is 0.503. The van der Waals surface area contributed by atoms with Crippen LogP contribution in [0.15, 0.2) is 36.2 Å². The summed E-state index contributed by atoms with van der Waals surface area (Å²) >= 11 is 0. The minimum Gasteiger partial charge on any atom is -0.480 e. The molecule has 0 radical (unpaired) electrons. The first-order valence-corrected chi connectivity index (χ1v) is 5.82. The number of carboxylic acid groups (broad SMARTS) is 1. The van der Waals surface area contributed by atoms with Crippen LogP contribution >= 0.6 is 0 Å². The van der Waals surface area contributed by atoms with Crippen LogP contribution in [0.4, 0.5) is 0 Å². The highest BCUT2D eigenvalue weighted by atomic mass is 16.4. The monoisotopic (exact) mass is 274 g/mol. The fourth-order valence-corrected chi connectivity index (χ4v) is 1.25. The van der Waals surface area contributed by atoms with Gasteiger partial charge in [0.05, 0.1) is 12.2 Å². The molecule has 0 spiro atoms. The van der Waals surface area contributed by atoms with Crippen molar-refractivity contribution in [2.75, 3.05) is 0 Å². The molecular formula is C13H14N4O3. The van der Waals surface area contributed by atoms with Gasteiger partial charge < -0.3 is 15.7 Å². The lowest BCUT2D eigenvalue weighted by atomic mass is 10.2.